The Morgan fingerprint density at radius 1 is 1.71 bits per heavy atom. The van der Waals surface area contributed by atoms with E-state index in [4.69, 9.17) is 0 Å². The van der Waals surface area contributed by atoms with Crippen LogP contribution in [0.1, 0.15) is 13.8 Å². The first-order valence-corrected chi connectivity index (χ1v) is 2.94. The molecular formula is C5H12B2. The zero-order valence-corrected chi connectivity index (χ0v) is 5.44. The van der Waals surface area contributed by atoms with Crippen LogP contribution in [-0.2, 0) is 0 Å². The third kappa shape index (κ3) is 6.00. The van der Waals surface area contributed by atoms with E-state index in [2.05, 4.69) is 34.6 Å². The van der Waals surface area contributed by atoms with Gasteiger partial charge in [0.15, 0.2) is 0 Å². The molecule has 0 nitrogen and oxygen atoms in total. The minimum atomic E-state index is 0.722. The van der Waals surface area contributed by atoms with Gasteiger partial charge in [0.1, 0.15) is 0 Å². The minimum absolute atomic E-state index is 0.722. The van der Waals surface area contributed by atoms with E-state index in [1.165, 1.54) is 0 Å². The predicted octanol–water partition coefficient (Wildman–Crippen LogP) is 0.372. The molecule has 0 unspecified atom stereocenters. The van der Waals surface area contributed by atoms with Crippen molar-refractivity contribution in [3.63, 3.8) is 0 Å². The quantitative estimate of drug-likeness (QED) is 0.433. The molecule has 0 aromatic rings. The molecule has 7 heavy (non-hydrogen) atoms. The monoisotopic (exact) mass is 94.1 g/mol. The van der Waals surface area contributed by atoms with Gasteiger partial charge in [-0.15, -0.1) is 0 Å². The van der Waals surface area contributed by atoms with Crippen LogP contribution >= 0.6 is 0 Å². The molecular weight excluding hydrogens is 81.7 g/mol. The first-order valence-electron chi connectivity index (χ1n) is 2.94. The third-order valence-electron chi connectivity index (χ3n) is 0.757. The Morgan fingerprint density at radius 2 is 2.29 bits per heavy atom. The van der Waals surface area contributed by atoms with Gasteiger partial charge in [-0.2, -0.15) is 0 Å². The fourth-order valence-electron chi connectivity index (χ4n) is 0.408. The molecule has 0 heterocycles. The summed E-state index contributed by atoms with van der Waals surface area (Å²) in [5.41, 5.74) is 0. The van der Waals surface area contributed by atoms with E-state index in [0.717, 1.165) is 12.1 Å². The Kier molecular flexibility index (Phi) is 4.17. The maximum atomic E-state index is 2.22. The Labute approximate surface area is 47.6 Å². The van der Waals surface area contributed by atoms with E-state index in [1.807, 2.05) is 0 Å². The molecule has 0 rings (SSSR count). The topological polar surface area (TPSA) is 0 Å². The van der Waals surface area contributed by atoms with Crippen molar-refractivity contribution in [3.8, 4) is 0 Å². The Morgan fingerprint density at radius 3 is 2.43 bits per heavy atom. The second-order valence-electron chi connectivity index (χ2n) is 2.08. The number of rotatable bonds is 2. The summed E-state index contributed by atoms with van der Waals surface area (Å²) in [5, 5.41) is 0. The molecule has 0 N–H and O–H groups in total. The van der Waals surface area contributed by atoms with Gasteiger partial charge in [0.05, 0.1) is 0 Å². The Bertz CT molecular complexity index is 57.1. The summed E-state index contributed by atoms with van der Waals surface area (Å²) < 4.78 is 0. The SMILES string of the molecule is BC/C=B\C(C)C. The van der Waals surface area contributed by atoms with Crippen molar-refractivity contribution in [3.05, 3.63) is 0 Å². The molecule has 0 aliphatic carbocycles. The summed E-state index contributed by atoms with van der Waals surface area (Å²) in [6.07, 6.45) is 1.16. The first-order chi connectivity index (χ1) is 3.27. The molecule has 0 aliphatic rings. The Hall–Kier alpha value is -0.000130. The summed E-state index contributed by atoms with van der Waals surface area (Å²) in [7, 11) is 2.15. The standard InChI is InChI=1S/C5H12B2/c1-5(2)7-4-3-6/h4-5H,3,6H2,1-2H3. The van der Waals surface area contributed by atoms with Crippen molar-refractivity contribution in [2.24, 2.45) is 0 Å². The zero-order chi connectivity index (χ0) is 5.70. The molecule has 0 radical (unpaired) electrons. The van der Waals surface area contributed by atoms with Crippen LogP contribution in [0.2, 0.25) is 12.1 Å². The van der Waals surface area contributed by atoms with Gasteiger partial charge in [0, 0.05) is 0 Å². The van der Waals surface area contributed by atoms with Gasteiger partial charge < -0.3 is 0 Å². The van der Waals surface area contributed by atoms with Crippen molar-refractivity contribution < 1.29 is 0 Å². The van der Waals surface area contributed by atoms with Crippen molar-refractivity contribution in [1.82, 2.24) is 0 Å². The molecule has 0 spiro atoms. The summed E-state index contributed by atoms with van der Waals surface area (Å²) in [4.78, 5) is 0. The molecule has 2 heteroatoms. The van der Waals surface area contributed by atoms with E-state index in [-0.39, 0.29) is 0 Å². The van der Waals surface area contributed by atoms with Crippen LogP contribution in [0.25, 0.3) is 0 Å². The molecule has 0 saturated heterocycles. The van der Waals surface area contributed by atoms with Gasteiger partial charge in [0.2, 0.25) is 0 Å². The van der Waals surface area contributed by atoms with Gasteiger partial charge in [0.25, 0.3) is 0 Å². The predicted molar refractivity (Wildman–Crippen MR) is 40.3 cm³/mol. The average Bonchev–Trinajstić information content (AvgIpc) is 1.61. The third-order valence-corrected chi connectivity index (χ3v) is 0.757. The van der Waals surface area contributed by atoms with Crippen LogP contribution in [0, 0.1) is 0 Å². The molecule has 0 atom stereocenters. The van der Waals surface area contributed by atoms with Crippen LogP contribution < -0.4 is 0 Å². The van der Waals surface area contributed by atoms with Crippen molar-refractivity contribution in [2.75, 3.05) is 0 Å². The number of hydrogen-bond donors (Lipinski definition) is 0. The number of hydrogen-bond acceptors (Lipinski definition) is 0. The summed E-state index contributed by atoms with van der Waals surface area (Å²) in [6.45, 7) is 6.60. The van der Waals surface area contributed by atoms with Crippen LogP contribution in [0.5, 0.6) is 0 Å². The zero-order valence-electron chi connectivity index (χ0n) is 5.44. The fourth-order valence-corrected chi connectivity index (χ4v) is 0.408. The van der Waals surface area contributed by atoms with Gasteiger partial charge in [-0.05, 0) is 0 Å². The van der Waals surface area contributed by atoms with Crippen LogP contribution in [0.4, 0.5) is 0 Å². The summed E-state index contributed by atoms with van der Waals surface area (Å²) in [5.74, 6) is 2.92. The van der Waals surface area contributed by atoms with E-state index in [9.17, 15) is 0 Å². The average molecular weight is 93.8 g/mol. The first kappa shape index (κ1) is 7.00. The molecule has 38 valence electrons. The van der Waals surface area contributed by atoms with E-state index >= 15 is 0 Å². The van der Waals surface area contributed by atoms with E-state index in [1.54, 1.807) is 0 Å². The Balaban J connectivity index is 3.08. The van der Waals surface area contributed by atoms with Crippen molar-refractivity contribution in [1.29, 1.82) is 0 Å². The molecule has 0 fully saturated rings. The van der Waals surface area contributed by atoms with Crippen LogP contribution in [0.3, 0.4) is 0 Å². The maximum absolute atomic E-state index is 2.22. The normalized spacial score (nSPS) is 10.1. The van der Waals surface area contributed by atoms with Crippen molar-refractivity contribution in [2.45, 2.75) is 26.0 Å². The van der Waals surface area contributed by atoms with Gasteiger partial charge in [-0.3, -0.25) is 0 Å². The molecule has 0 aromatic heterocycles. The fraction of sp³-hybridized carbons (Fsp3) is 0.800. The van der Waals surface area contributed by atoms with Crippen LogP contribution in [-0.4, -0.2) is 20.7 Å². The van der Waals surface area contributed by atoms with E-state index in [0.29, 0.717) is 0 Å². The molecule has 0 aliphatic heterocycles. The van der Waals surface area contributed by atoms with Gasteiger partial charge in [-0.1, -0.05) is 0 Å². The molecule has 0 amide bonds. The second kappa shape index (κ2) is 4.17. The molecule has 0 aromatic carbocycles. The second-order valence-corrected chi connectivity index (χ2v) is 2.08. The van der Waals surface area contributed by atoms with E-state index < -0.39 is 0 Å². The van der Waals surface area contributed by atoms with Gasteiger partial charge in [-0.25, -0.2) is 0 Å². The summed E-state index contributed by atoms with van der Waals surface area (Å²) in [6, 6.07) is 0. The molecule has 0 bridgehead atoms. The van der Waals surface area contributed by atoms with Gasteiger partial charge >= 0.3 is 46.7 Å². The summed E-state index contributed by atoms with van der Waals surface area (Å²) >= 11 is 0. The molecule has 0 saturated carbocycles. The van der Waals surface area contributed by atoms with Crippen LogP contribution in [0.15, 0.2) is 0 Å². The van der Waals surface area contributed by atoms with Crippen molar-refractivity contribution >= 4 is 20.7 Å².